The standard InChI is InChI=1S/C11H14O2S2/c12-11(13-7-10(15)8-14)6-9-4-2-1-3-5-9/h1-5,10,14-15H,6-8H2. The molecule has 0 spiro atoms. The van der Waals surface area contributed by atoms with Crippen molar-refractivity contribution in [1.29, 1.82) is 0 Å². The highest BCUT2D eigenvalue weighted by Crippen LogP contribution is 2.03. The molecule has 0 N–H and O–H groups in total. The molecule has 0 aromatic heterocycles. The van der Waals surface area contributed by atoms with Gasteiger partial charge in [-0.15, -0.1) is 0 Å². The number of carbonyl (C=O) groups is 1. The summed E-state index contributed by atoms with van der Waals surface area (Å²) in [4.78, 5) is 11.4. The highest BCUT2D eigenvalue weighted by molar-refractivity contribution is 7.84. The Morgan fingerprint density at radius 3 is 2.60 bits per heavy atom. The van der Waals surface area contributed by atoms with Crippen LogP contribution in [0.3, 0.4) is 0 Å². The van der Waals surface area contributed by atoms with E-state index in [1.807, 2.05) is 30.3 Å². The zero-order chi connectivity index (χ0) is 11.1. The van der Waals surface area contributed by atoms with Crippen molar-refractivity contribution in [2.24, 2.45) is 0 Å². The third kappa shape index (κ3) is 5.14. The van der Waals surface area contributed by atoms with Crippen LogP contribution in [0.25, 0.3) is 0 Å². The molecular weight excluding hydrogens is 228 g/mol. The third-order valence-electron chi connectivity index (χ3n) is 1.84. The molecule has 1 aromatic carbocycles. The smallest absolute Gasteiger partial charge is 0.310 e. The van der Waals surface area contributed by atoms with Crippen molar-refractivity contribution in [3.63, 3.8) is 0 Å². The minimum Gasteiger partial charge on any atom is -0.464 e. The average Bonchev–Trinajstić information content (AvgIpc) is 2.27. The summed E-state index contributed by atoms with van der Waals surface area (Å²) in [6.07, 6.45) is 0.313. The van der Waals surface area contributed by atoms with Crippen LogP contribution >= 0.6 is 25.3 Å². The number of thiol groups is 2. The van der Waals surface area contributed by atoms with Crippen LogP contribution in [0, 0.1) is 0 Å². The summed E-state index contributed by atoms with van der Waals surface area (Å²) < 4.78 is 5.03. The monoisotopic (exact) mass is 242 g/mol. The van der Waals surface area contributed by atoms with Crippen molar-refractivity contribution < 1.29 is 9.53 Å². The molecule has 1 aromatic rings. The first kappa shape index (κ1) is 12.5. The van der Waals surface area contributed by atoms with Crippen molar-refractivity contribution in [1.82, 2.24) is 0 Å². The summed E-state index contributed by atoms with van der Waals surface area (Å²) in [6, 6.07) is 9.52. The molecule has 1 unspecified atom stereocenters. The first-order valence-electron chi connectivity index (χ1n) is 4.71. The number of hydrogen-bond donors (Lipinski definition) is 2. The van der Waals surface area contributed by atoms with E-state index in [0.29, 0.717) is 18.8 Å². The maximum absolute atomic E-state index is 11.4. The first-order chi connectivity index (χ1) is 7.22. The topological polar surface area (TPSA) is 26.3 Å². The molecule has 1 rings (SSSR count). The Kier molecular flexibility index (Phi) is 5.65. The lowest BCUT2D eigenvalue weighted by molar-refractivity contribution is -0.142. The van der Waals surface area contributed by atoms with Gasteiger partial charge in [0.2, 0.25) is 0 Å². The SMILES string of the molecule is O=C(Cc1ccccc1)OCC(S)CS. The molecule has 0 saturated heterocycles. The van der Waals surface area contributed by atoms with Crippen molar-refractivity contribution in [2.45, 2.75) is 11.7 Å². The van der Waals surface area contributed by atoms with Gasteiger partial charge in [0.15, 0.2) is 0 Å². The molecule has 15 heavy (non-hydrogen) atoms. The highest BCUT2D eigenvalue weighted by Gasteiger charge is 2.07. The van der Waals surface area contributed by atoms with Gasteiger partial charge in [0.25, 0.3) is 0 Å². The van der Waals surface area contributed by atoms with Crippen LogP contribution in [0.2, 0.25) is 0 Å². The van der Waals surface area contributed by atoms with Gasteiger partial charge in [0.1, 0.15) is 6.61 Å². The van der Waals surface area contributed by atoms with Crippen molar-refractivity contribution in [3.05, 3.63) is 35.9 Å². The van der Waals surface area contributed by atoms with Crippen LogP contribution in [0.1, 0.15) is 5.56 Å². The van der Waals surface area contributed by atoms with Gasteiger partial charge in [-0.05, 0) is 5.56 Å². The van der Waals surface area contributed by atoms with Crippen LogP contribution < -0.4 is 0 Å². The Balaban J connectivity index is 2.31. The maximum Gasteiger partial charge on any atom is 0.310 e. The number of hydrogen-bond acceptors (Lipinski definition) is 4. The molecular formula is C11H14O2S2. The summed E-state index contributed by atoms with van der Waals surface area (Å²) in [5.41, 5.74) is 0.962. The van der Waals surface area contributed by atoms with Gasteiger partial charge < -0.3 is 4.74 Å². The molecule has 0 heterocycles. The first-order valence-corrected chi connectivity index (χ1v) is 5.85. The van der Waals surface area contributed by atoms with Crippen molar-refractivity contribution in [3.8, 4) is 0 Å². The predicted octanol–water partition coefficient (Wildman–Crippen LogP) is 2.00. The quantitative estimate of drug-likeness (QED) is 0.610. The molecule has 0 amide bonds. The van der Waals surface area contributed by atoms with Crippen LogP contribution in [0.4, 0.5) is 0 Å². The predicted molar refractivity (Wildman–Crippen MR) is 67.7 cm³/mol. The Hall–Kier alpha value is -0.610. The third-order valence-corrected chi connectivity index (χ3v) is 2.90. The fourth-order valence-electron chi connectivity index (χ4n) is 1.06. The zero-order valence-electron chi connectivity index (χ0n) is 8.30. The van der Waals surface area contributed by atoms with Gasteiger partial charge in [-0.2, -0.15) is 25.3 Å². The second-order valence-corrected chi connectivity index (χ2v) is 4.28. The van der Waals surface area contributed by atoms with Crippen LogP contribution in [-0.4, -0.2) is 23.6 Å². The summed E-state index contributed by atoms with van der Waals surface area (Å²) >= 11 is 8.23. The molecule has 0 fully saturated rings. The van der Waals surface area contributed by atoms with E-state index in [1.165, 1.54) is 0 Å². The van der Waals surface area contributed by atoms with Gasteiger partial charge >= 0.3 is 5.97 Å². The lowest BCUT2D eigenvalue weighted by Gasteiger charge is -2.08. The van der Waals surface area contributed by atoms with E-state index in [4.69, 9.17) is 4.74 Å². The fraction of sp³-hybridized carbons (Fsp3) is 0.364. The maximum atomic E-state index is 11.4. The Labute approximate surface area is 101 Å². The van der Waals surface area contributed by atoms with Gasteiger partial charge in [-0.3, -0.25) is 4.79 Å². The normalized spacial score (nSPS) is 12.1. The molecule has 0 saturated carbocycles. The molecule has 82 valence electrons. The number of ether oxygens (including phenoxy) is 1. The number of benzene rings is 1. The number of esters is 1. The van der Waals surface area contributed by atoms with Gasteiger partial charge in [0, 0.05) is 11.0 Å². The summed E-state index contributed by atoms with van der Waals surface area (Å²) in [5, 5.41) is 0.00746. The lowest BCUT2D eigenvalue weighted by atomic mass is 10.2. The van der Waals surface area contributed by atoms with Gasteiger partial charge in [-0.25, -0.2) is 0 Å². The van der Waals surface area contributed by atoms with E-state index in [-0.39, 0.29) is 11.2 Å². The van der Waals surface area contributed by atoms with Crippen LogP contribution in [-0.2, 0) is 16.0 Å². The van der Waals surface area contributed by atoms with E-state index in [2.05, 4.69) is 25.3 Å². The van der Waals surface area contributed by atoms with E-state index in [0.717, 1.165) is 5.56 Å². The minimum atomic E-state index is -0.220. The van der Waals surface area contributed by atoms with E-state index < -0.39 is 0 Å². The van der Waals surface area contributed by atoms with Crippen LogP contribution in [0.5, 0.6) is 0 Å². The Morgan fingerprint density at radius 2 is 2.00 bits per heavy atom. The van der Waals surface area contributed by atoms with Crippen molar-refractivity contribution >= 4 is 31.2 Å². The molecule has 0 aliphatic heterocycles. The molecule has 0 bridgehead atoms. The van der Waals surface area contributed by atoms with Gasteiger partial charge in [0.05, 0.1) is 6.42 Å². The highest BCUT2D eigenvalue weighted by atomic mass is 32.1. The summed E-state index contributed by atoms with van der Waals surface area (Å²) in [6.45, 7) is 0.318. The minimum absolute atomic E-state index is 0.00746. The average molecular weight is 242 g/mol. The summed E-state index contributed by atoms with van der Waals surface area (Å²) in [7, 11) is 0. The molecule has 4 heteroatoms. The zero-order valence-corrected chi connectivity index (χ0v) is 10.1. The number of carbonyl (C=O) groups excluding carboxylic acids is 1. The van der Waals surface area contributed by atoms with E-state index in [1.54, 1.807) is 0 Å². The van der Waals surface area contributed by atoms with E-state index >= 15 is 0 Å². The van der Waals surface area contributed by atoms with Gasteiger partial charge in [-0.1, -0.05) is 30.3 Å². The molecule has 0 aliphatic rings. The fourth-order valence-corrected chi connectivity index (χ4v) is 1.24. The molecule has 0 radical (unpaired) electrons. The van der Waals surface area contributed by atoms with Crippen LogP contribution in [0.15, 0.2) is 30.3 Å². The largest absolute Gasteiger partial charge is 0.464 e. The Morgan fingerprint density at radius 1 is 1.33 bits per heavy atom. The summed E-state index contributed by atoms with van der Waals surface area (Å²) in [5.74, 6) is 0.379. The van der Waals surface area contributed by atoms with Crippen molar-refractivity contribution in [2.75, 3.05) is 12.4 Å². The van der Waals surface area contributed by atoms with E-state index in [9.17, 15) is 4.79 Å². The molecule has 0 aliphatic carbocycles. The molecule has 1 atom stereocenters. The second-order valence-electron chi connectivity index (χ2n) is 3.18. The second kappa shape index (κ2) is 6.80. The lowest BCUT2D eigenvalue weighted by Crippen LogP contribution is -2.16. The molecule has 2 nitrogen and oxygen atoms in total. The number of rotatable bonds is 5. The Bertz CT molecular complexity index is 301.